The lowest BCUT2D eigenvalue weighted by Gasteiger charge is -2.21. The minimum absolute atomic E-state index is 0.0348. The third-order valence-electron chi connectivity index (χ3n) is 3.92. The molecule has 2 heterocycles. The largest absolute Gasteiger partial charge is 0.451 e. The van der Waals surface area contributed by atoms with Crippen LogP contribution in [0.25, 0.3) is 0 Å². The Morgan fingerprint density at radius 2 is 2.00 bits per heavy atom. The Balaban J connectivity index is 1.89. The van der Waals surface area contributed by atoms with Crippen molar-refractivity contribution in [3.8, 4) is 0 Å². The molecular formula is C16H14Cl2N4O3. The van der Waals surface area contributed by atoms with Crippen LogP contribution in [0, 0.1) is 10.1 Å². The number of nitro groups is 1. The molecule has 2 unspecified atom stereocenters. The van der Waals surface area contributed by atoms with Crippen molar-refractivity contribution in [2.24, 2.45) is 5.10 Å². The van der Waals surface area contributed by atoms with Gasteiger partial charge in [-0.1, -0.05) is 41.4 Å². The monoisotopic (exact) mass is 380 g/mol. The van der Waals surface area contributed by atoms with E-state index < -0.39 is 11.1 Å². The molecule has 0 spiro atoms. The van der Waals surface area contributed by atoms with Crippen molar-refractivity contribution in [2.75, 3.05) is 0 Å². The van der Waals surface area contributed by atoms with Gasteiger partial charge in [0.2, 0.25) is 0 Å². The van der Waals surface area contributed by atoms with E-state index in [1.807, 2.05) is 19.1 Å². The van der Waals surface area contributed by atoms with Gasteiger partial charge in [0.15, 0.2) is 5.03 Å². The van der Waals surface area contributed by atoms with Crippen LogP contribution in [-0.2, 0) is 11.3 Å². The van der Waals surface area contributed by atoms with E-state index in [0.717, 1.165) is 11.1 Å². The quantitative estimate of drug-likeness (QED) is 0.456. The first-order chi connectivity index (χ1) is 11.9. The fraction of sp³-hybridized carbons (Fsp3) is 0.250. The molecule has 2 aromatic rings. The molecule has 1 aromatic heterocycles. The van der Waals surface area contributed by atoms with Gasteiger partial charge in [-0.25, -0.2) is 15.1 Å². The van der Waals surface area contributed by atoms with Crippen LogP contribution >= 0.6 is 23.2 Å². The van der Waals surface area contributed by atoms with E-state index in [-0.39, 0.29) is 12.1 Å². The normalized spacial score (nSPS) is 21.4. The van der Waals surface area contributed by atoms with E-state index in [2.05, 4.69) is 10.1 Å². The van der Waals surface area contributed by atoms with E-state index in [9.17, 15) is 10.1 Å². The van der Waals surface area contributed by atoms with Crippen LogP contribution < -0.4 is 0 Å². The summed E-state index contributed by atoms with van der Waals surface area (Å²) in [6, 6.07) is 10.4. The minimum Gasteiger partial charge on any atom is -0.451 e. The van der Waals surface area contributed by atoms with E-state index >= 15 is 0 Å². The molecule has 9 heteroatoms. The Labute approximate surface area is 154 Å². The maximum Gasteiger partial charge on any atom is 0.363 e. The molecule has 1 aliphatic rings. The number of ether oxygens (including phenoxy) is 1. The molecule has 1 fully saturated rings. The molecule has 1 aliphatic heterocycles. The third kappa shape index (κ3) is 4.00. The summed E-state index contributed by atoms with van der Waals surface area (Å²) in [4.78, 5) is 16.6. The second-order valence-electron chi connectivity index (χ2n) is 5.57. The number of hydrogen-bond donors (Lipinski definition) is 0. The van der Waals surface area contributed by atoms with Crippen molar-refractivity contribution in [2.45, 2.75) is 25.6 Å². The summed E-state index contributed by atoms with van der Waals surface area (Å²) in [7, 11) is 0. The van der Waals surface area contributed by atoms with Crippen molar-refractivity contribution >= 4 is 29.2 Å². The summed E-state index contributed by atoms with van der Waals surface area (Å²) >= 11 is 11.7. The van der Waals surface area contributed by atoms with Crippen LogP contribution in [0.3, 0.4) is 0 Å². The molecule has 2 atom stereocenters. The van der Waals surface area contributed by atoms with Crippen molar-refractivity contribution in [3.63, 3.8) is 0 Å². The van der Waals surface area contributed by atoms with Crippen LogP contribution in [-0.4, -0.2) is 27.0 Å². The fourth-order valence-corrected chi connectivity index (χ4v) is 2.91. The number of rotatable bonds is 4. The first kappa shape index (κ1) is 17.4. The zero-order chi connectivity index (χ0) is 18.0. The third-order valence-corrected chi connectivity index (χ3v) is 4.39. The molecule has 0 saturated carbocycles. The second kappa shape index (κ2) is 7.25. The predicted octanol–water partition coefficient (Wildman–Crippen LogP) is 3.90. The van der Waals surface area contributed by atoms with Gasteiger partial charge in [-0.05, 0) is 36.2 Å². The summed E-state index contributed by atoms with van der Waals surface area (Å²) in [5.41, 5.74) is 1.71. The summed E-state index contributed by atoms with van der Waals surface area (Å²) in [6.45, 7) is 2.28. The van der Waals surface area contributed by atoms with Crippen molar-refractivity contribution in [1.82, 2.24) is 9.88 Å². The van der Waals surface area contributed by atoms with Gasteiger partial charge in [0.1, 0.15) is 16.4 Å². The molecule has 1 aromatic carbocycles. The Morgan fingerprint density at radius 3 is 2.60 bits per heavy atom. The Kier molecular flexibility index (Phi) is 5.06. The fourth-order valence-electron chi connectivity index (χ4n) is 2.68. The highest BCUT2D eigenvalue weighted by molar-refractivity contribution is 6.30. The van der Waals surface area contributed by atoms with E-state index in [4.69, 9.17) is 27.9 Å². The summed E-state index contributed by atoms with van der Waals surface area (Å²) < 4.78 is 5.76. The zero-order valence-electron chi connectivity index (χ0n) is 13.2. The molecule has 3 rings (SSSR count). The highest BCUT2D eigenvalue weighted by Gasteiger charge is 2.40. The van der Waals surface area contributed by atoms with Crippen LogP contribution in [0.4, 0.5) is 0 Å². The molecule has 7 nitrogen and oxygen atoms in total. The van der Waals surface area contributed by atoms with Crippen LogP contribution in [0.15, 0.2) is 47.7 Å². The van der Waals surface area contributed by atoms with Gasteiger partial charge in [0.25, 0.3) is 0 Å². The molecule has 130 valence electrons. The predicted molar refractivity (Wildman–Crippen MR) is 94.0 cm³/mol. The van der Waals surface area contributed by atoms with E-state index in [1.165, 1.54) is 0 Å². The topological polar surface area (TPSA) is 80.9 Å². The van der Waals surface area contributed by atoms with Crippen LogP contribution in [0.1, 0.15) is 24.2 Å². The second-order valence-corrected chi connectivity index (χ2v) is 6.39. The maximum absolute atomic E-state index is 10.9. The number of hydrogen-bond acceptors (Lipinski definition) is 4. The average molecular weight is 381 g/mol. The first-order valence-corrected chi connectivity index (χ1v) is 8.22. The summed E-state index contributed by atoms with van der Waals surface area (Å²) in [6.07, 6.45) is 1.23. The molecule has 0 bridgehead atoms. The summed E-state index contributed by atoms with van der Waals surface area (Å²) in [5.74, 6) is 0. The summed E-state index contributed by atoms with van der Waals surface area (Å²) in [5, 5.41) is 14.5. The lowest BCUT2D eigenvalue weighted by atomic mass is 10.0. The van der Waals surface area contributed by atoms with Crippen molar-refractivity contribution in [3.05, 3.63) is 74.0 Å². The molecule has 0 amide bonds. The smallest absolute Gasteiger partial charge is 0.363 e. The highest BCUT2D eigenvalue weighted by atomic mass is 35.5. The van der Waals surface area contributed by atoms with Gasteiger partial charge in [0.05, 0.1) is 6.04 Å². The van der Waals surface area contributed by atoms with E-state index in [0.29, 0.717) is 16.7 Å². The van der Waals surface area contributed by atoms with Gasteiger partial charge in [0, 0.05) is 17.8 Å². The van der Waals surface area contributed by atoms with Gasteiger partial charge in [-0.3, -0.25) is 0 Å². The average Bonchev–Trinajstić information content (AvgIpc) is 2.86. The number of nitrogens with zero attached hydrogens (tertiary/aromatic N) is 4. The van der Waals surface area contributed by atoms with Gasteiger partial charge >= 0.3 is 6.02 Å². The number of halogens is 2. The Hall–Kier alpha value is -2.38. The van der Waals surface area contributed by atoms with Crippen molar-refractivity contribution < 1.29 is 9.77 Å². The number of benzene rings is 1. The lowest BCUT2D eigenvalue weighted by molar-refractivity contribution is -0.486. The molecule has 0 N–H and O–H groups in total. The Morgan fingerprint density at radius 1 is 1.28 bits per heavy atom. The zero-order valence-corrected chi connectivity index (χ0v) is 14.7. The number of aromatic nitrogens is 1. The molecular weight excluding hydrogens is 367 g/mol. The molecule has 25 heavy (non-hydrogen) atoms. The maximum atomic E-state index is 10.9. The Bertz CT molecular complexity index is 796. The number of hydrazone groups is 1. The standard InChI is InChI=1S/C16H14Cl2N4O3/c1-10-15(12-3-5-13(17)6-4-12)25-16(20-22(23)24)21(10)9-11-2-7-14(18)19-8-11/h2-8,10,15H,9H2,1H3. The van der Waals surface area contributed by atoms with Crippen molar-refractivity contribution in [1.29, 1.82) is 0 Å². The first-order valence-electron chi connectivity index (χ1n) is 7.46. The number of amidine groups is 1. The SMILES string of the molecule is CC1C(c2ccc(Cl)cc2)OC(=N[N+](=O)[O-])N1Cc1ccc(Cl)nc1. The highest BCUT2D eigenvalue weighted by Crippen LogP contribution is 2.34. The number of pyridine rings is 1. The minimum atomic E-state index is -0.764. The van der Waals surface area contributed by atoms with Gasteiger partial charge in [-0.2, -0.15) is 0 Å². The lowest BCUT2D eigenvalue weighted by Crippen LogP contribution is -2.32. The molecule has 0 radical (unpaired) electrons. The van der Waals surface area contributed by atoms with E-state index in [1.54, 1.807) is 35.4 Å². The van der Waals surface area contributed by atoms with Crippen LogP contribution in [0.5, 0.6) is 0 Å². The van der Waals surface area contributed by atoms with Gasteiger partial charge < -0.3 is 9.64 Å². The molecule has 1 saturated heterocycles. The van der Waals surface area contributed by atoms with Gasteiger partial charge in [-0.15, -0.1) is 0 Å². The molecule has 0 aliphatic carbocycles. The van der Waals surface area contributed by atoms with Crippen LogP contribution in [0.2, 0.25) is 10.2 Å².